The molecule has 25 heavy (non-hydrogen) atoms. The van der Waals surface area contributed by atoms with E-state index in [0.29, 0.717) is 16.5 Å². The summed E-state index contributed by atoms with van der Waals surface area (Å²) >= 11 is 0. The number of hydrogen-bond donors (Lipinski definition) is 0. The quantitative estimate of drug-likeness (QED) is 0.181. The lowest BCUT2D eigenvalue weighted by Gasteiger charge is -2.02. The summed E-state index contributed by atoms with van der Waals surface area (Å²) in [4.78, 5) is 33.3. The molecule has 0 N–H and O–H groups in total. The summed E-state index contributed by atoms with van der Waals surface area (Å²) in [5, 5.41) is 11.4. The van der Waals surface area contributed by atoms with Gasteiger partial charge in [-0.2, -0.15) is 0 Å². The van der Waals surface area contributed by atoms with Crippen LogP contribution in [0.15, 0.2) is 69.9 Å². The highest BCUT2D eigenvalue weighted by molar-refractivity contribution is 5.89. The lowest BCUT2D eigenvalue weighted by Crippen LogP contribution is -2.03. The average molecular weight is 337 g/mol. The Kier molecular flexibility index (Phi) is 4.38. The molecule has 3 aromatic rings. The highest BCUT2D eigenvalue weighted by Crippen LogP contribution is 2.20. The molecular weight excluding hydrogens is 326 g/mol. The number of nitro benzene ring substituents is 1. The first-order valence-electron chi connectivity index (χ1n) is 7.19. The van der Waals surface area contributed by atoms with Crippen molar-refractivity contribution < 1.29 is 18.9 Å². The number of ether oxygens (including phenoxy) is 1. The van der Waals surface area contributed by atoms with Gasteiger partial charge in [-0.25, -0.2) is 9.59 Å². The first-order chi connectivity index (χ1) is 12.0. The predicted molar refractivity (Wildman–Crippen MR) is 90.2 cm³/mol. The zero-order valence-electron chi connectivity index (χ0n) is 12.7. The molecule has 0 amide bonds. The average Bonchev–Trinajstić information content (AvgIpc) is 2.60. The van der Waals surface area contributed by atoms with Gasteiger partial charge in [0.05, 0.1) is 4.92 Å². The Bertz CT molecular complexity index is 1050. The predicted octanol–water partition coefficient (Wildman–Crippen LogP) is 3.32. The topological polar surface area (TPSA) is 99.6 Å². The van der Waals surface area contributed by atoms with E-state index in [1.807, 2.05) is 0 Å². The van der Waals surface area contributed by atoms with Gasteiger partial charge >= 0.3 is 11.6 Å². The largest absolute Gasteiger partial charge is 0.423 e. The molecule has 0 unspecified atom stereocenters. The number of nitrogens with zero attached hydrogens (tertiary/aromatic N) is 1. The highest BCUT2D eigenvalue weighted by Gasteiger charge is 2.06. The molecule has 0 fully saturated rings. The zero-order valence-corrected chi connectivity index (χ0v) is 12.7. The Morgan fingerprint density at radius 2 is 1.92 bits per heavy atom. The van der Waals surface area contributed by atoms with Crippen molar-refractivity contribution in [3.63, 3.8) is 0 Å². The Balaban J connectivity index is 1.75. The van der Waals surface area contributed by atoms with E-state index < -0.39 is 16.5 Å². The summed E-state index contributed by atoms with van der Waals surface area (Å²) in [6.45, 7) is 0. The van der Waals surface area contributed by atoms with E-state index in [9.17, 15) is 19.7 Å². The standard InChI is InChI=1S/C18H11NO6/c20-17(8-4-12-2-1-3-14(10-12)19(22)23)24-15-7-5-13-6-9-18(21)25-16(13)11-15/h1-11H/b8-4+. The first kappa shape index (κ1) is 16.1. The second kappa shape index (κ2) is 6.79. The highest BCUT2D eigenvalue weighted by atomic mass is 16.6. The molecule has 0 spiro atoms. The third kappa shape index (κ3) is 3.97. The van der Waals surface area contributed by atoms with E-state index in [4.69, 9.17) is 9.15 Å². The summed E-state index contributed by atoms with van der Waals surface area (Å²) in [6, 6.07) is 13.4. The summed E-state index contributed by atoms with van der Waals surface area (Å²) in [5.41, 5.74) is 0.234. The monoisotopic (exact) mass is 337 g/mol. The molecular formula is C18H11NO6. The third-order valence-corrected chi connectivity index (χ3v) is 3.31. The number of carbonyl (C=O) groups is 1. The number of carbonyl (C=O) groups excluding carboxylic acids is 1. The lowest BCUT2D eigenvalue weighted by atomic mass is 10.2. The lowest BCUT2D eigenvalue weighted by molar-refractivity contribution is -0.384. The molecule has 2 aromatic carbocycles. The van der Waals surface area contributed by atoms with Crippen LogP contribution in [0.4, 0.5) is 5.69 Å². The van der Waals surface area contributed by atoms with Crippen molar-refractivity contribution in [2.75, 3.05) is 0 Å². The van der Waals surface area contributed by atoms with Crippen LogP contribution in [0.3, 0.4) is 0 Å². The van der Waals surface area contributed by atoms with Crippen molar-refractivity contribution in [1.82, 2.24) is 0 Å². The number of rotatable bonds is 4. The Morgan fingerprint density at radius 3 is 2.72 bits per heavy atom. The molecule has 0 saturated heterocycles. The fraction of sp³-hybridized carbons (Fsp3) is 0. The number of benzene rings is 2. The van der Waals surface area contributed by atoms with Crippen molar-refractivity contribution >= 4 is 28.7 Å². The van der Waals surface area contributed by atoms with Gasteiger partial charge in [0, 0.05) is 35.7 Å². The van der Waals surface area contributed by atoms with E-state index in [1.54, 1.807) is 24.3 Å². The van der Waals surface area contributed by atoms with Gasteiger partial charge in [0.15, 0.2) is 0 Å². The van der Waals surface area contributed by atoms with Crippen molar-refractivity contribution in [1.29, 1.82) is 0 Å². The number of hydrogen-bond acceptors (Lipinski definition) is 6. The van der Waals surface area contributed by atoms with Crippen LogP contribution in [0, 0.1) is 10.1 Å². The summed E-state index contributed by atoms with van der Waals surface area (Å²) in [6.07, 6.45) is 2.57. The van der Waals surface area contributed by atoms with Gasteiger partial charge in [0.2, 0.25) is 0 Å². The van der Waals surface area contributed by atoms with Crippen LogP contribution in [0.5, 0.6) is 5.75 Å². The molecule has 124 valence electrons. The molecule has 0 aliphatic heterocycles. The third-order valence-electron chi connectivity index (χ3n) is 3.31. The van der Waals surface area contributed by atoms with E-state index in [2.05, 4.69) is 0 Å². The minimum absolute atomic E-state index is 0.0694. The minimum Gasteiger partial charge on any atom is -0.423 e. The smallest absolute Gasteiger partial charge is 0.336 e. The van der Waals surface area contributed by atoms with E-state index in [1.165, 1.54) is 36.4 Å². The SMILES string of the molecule is O=C(/C=C/c1cccc([N+](=O)[O-])c1)Oc1ccc2ccc(=O)oc2c1. The van der Waals surface area contributed by atoms with Gasteiger partial charge in [0.25, 0.3) is 5.69 Å². The van der Waals surface area contributed by atoms with Crippen LogP contribution >= 0.6 is 0 Å². The molecule has 7 nitrogen and oxygen atoms in total. The van der Waals surface area contributed by atoms with E-state index in [0.717, 1.165) is 6.08 Å². The van der Waals surface area contributed by atoms with Gasteiger partial charge in [-0.1, -0.05) is 12.1 Å². The number of non-ortho nitro benzene ring substituents is 1. The Morgan fingerprint density at radius 1 is 1.12 bits per heavy atom. The van der Waals surface area contributed by atoms with Crippen LogP contribution in [0.25, 0.3) is 17.0 Å². The summed E-state index contributed by atoms with van der Waals surface area (Å²) in [5.74, 6) is -0.445. The molecule has 0 aliphatic carbocycles. The zero-order chi connectivity index (χ0) is 17.8. The minimum atomic E-state index is -0.663. The first-order valence-corrected chi connectivity index (χ1v) is 7.19. The normalized spacial score (nSPS) is 10.9. The second-order valence-electron chi connectivity index (χ2n) is 5.06. The van der Waals surface area contributed by atoms with Crippen molar-refractivity contribution in [3.05, 3.63) is 86.8 Å². The van der Waals surface area contributed by atoms with Crippen molar-refractivity contribution in [3.8, 4) is 5.75 Å². The van der Waals surface area contributed by atoms with E-state index >= 15 is 0 Å². The number of esters is 1. The van der Waals surface area contributed by atoms with Crippen molar-refractivity contribution in [2.45, 2.75) is 0 Å². The van der Waals surface area contributed by atoms with Crippen LogP contribution in [-0.2, 0) is 4.79 Å². The maximum absolute atomic E-state index is 11.9. The number of fused-ring (bicyclic) bond motifs is 1. The number of nitro groups is 1. The van der Waals surface area contributed by atoms with E-state index in [-0.39, 0.29) is 11.4 Å². The molecule has 7 heteroatoms. The summed E-state index contributed by atoms with van der Waals surface area (Å²) < 4.78 is 10.2. The van der Waals surface area contributed by atoms with Crippen LogP contribution in [0.2, 0.25) is 0 Å². The van der Waals surface area contributed by atoms with Crippen LogP contribution in [0.1, 0.15) is 5.56 Å². The molecule has 0 atom stereocenters. The van der Waals surface area contributed by atoms with Crippen LogP contribution < -0.4 is 10.4 Å². The summed E-state index contributed by atoms with van der Waals surface area (Å²) in [7, 11) is 0. The second-order valence-corrected chi connectivity index (χ2v) is 5.06. The Labute approximate surface area is 140 Å². The molecule has 1 heterocycles. The van der Waals surface area contributed by atoms with Crippen molar-refractivity contribution in [2.24, 2.45) is 0 Å². The molecule has 0 radical (unpaired) electrons. The maximum atomic E-state index is 11.9. The fourth-order valence-electron chi connectivity index (χ4n) is 2.16. The molecule has 0 bridgehead atoms. The maximum Gasteiger partial charge on any atom is 0.336 e. The van der Waals surface area contributed by atoms with Gasteiger partial charge in [0.1, 0.15) is 11.3 Å². The Hall–Kier alpha value is -3.74. The van der Waals surface area contributed by atoms with Gasteiger partial charge in [-0.3, -0.25) is 10.1 Å². The molecule has 1 aromatic heterocycles. The molecule has 0 aliphatic rings. The van der Waals surface area contributed by atoms with Gasteiger partial charge in [-0.15, -0.1) is 0 Å². The van der Waals surface area contributed by atoms with Gasteiger partial charge < -0.3 is 9.15 Å². The van der Waals surface area contributed by atoms with Gasteiger partial charge in [-0.05, 0) is 29.8 Å². The molecule has 0 saturated carbocycles. The molecule has 3 rings (SSSR count). The van der Waals surface area contributed by atoms with Crippen LogP contribution in [-0.4, -0.2) is 10.9 Å². The fourth-order valence-corrected chi connectivity index (χ4v) is 2.16.